The van der Waals surface area contributed by atoms with Crippen molar-refractivity contribution in [3.8, 4) is 5.75 Å². The predicted molar refractivity (Wildman–Crippen MR) is 119 cm³/mol. The number of ether oxygens (including phenoxy) is 1. The highest BCUT2D eigenvalue weighted by atomic mass is 79.9. The Kier molecular flexibility index (Phi) is 5.44. The molecule has 144 valence electrons. The summed E-state index contributed by atoms with van der Waals surface area (Å²) < 4.78 is 12.2. The number of fused-ring (bicyclic) bond motifs is 3. The van der Waals surface area contributed by atoms with E-state index in [1.165, 1.54) is 6.21 Å². The molecule has 4 aromatic rings. The van der Waals surface area contributed by atoms with Crippen molar-refractivity contribution < 1.29 is 13.9 Å². The molecule has 0 unspecified atom stereocenters. The minimum atomic E-state index is -0.426. The van der Waals surface area contributed by atoms with Crippen molar-refractivity contribution >= 4 is 49.8 Å². The quantitative estimate of drug-likeness (QED) is 0.234. The normalized spacial score (nSPS) is 11.2. The van der Waals surface area contributed by atoms with Gasteiger partial charge in [0.05, 0.1) is 6.21 Å². The van der Waals surface area contributed by atoms with E-state index in [1.807, 2.05) is 54.6 Å². The first kappa shape index (κ1) is 19.0. The molecule has 0 bridgehead atoms. The minimum Gasteiger partial charge on any atom is -0.489 e. The second kappa shape index (κ2) is 8.32. The van der Waals surface area contributed by atoms with Gasteiger partial charge in [-0.3, -0.25) is 4.79 Å². The molecule has 4 rings (SSSR count). The molecule has 5 nitrogen and oxygen atoms in total. The molecular weight excluding hydrogens is 432 g/mol. The Morgan fingerprint density at radius 3 is 2.86 bits per heavy atom. The van der Waals surface area contributed by atoms with Crippen molar-refractivity contribution in [1.82, 2.24) is 5.43 Å². The molecule has 1 amide bonds. The van der Waals surface area contributed by atoms with Gasteiger partial charge in [0.15, 0.2) is 5.76 Å². The van der Waals surface area contributed by atoms with E-state index in [0.717, 1.165) is 26.2 Å². The smallest absolute Gasteiger partial charge is 0.307 e. The number of hydrazone groups is 1. The number of nitrogens with one attached hydrogen (secondary N) is 1. The van der Waals surface area contributed by atoms with Crippen LogP contribution in [0.15, 0.2) is 87.3 Å². The number of hydrogen-bond donors (Lipinski definition) is 1. The Hall–Kier alpha value is -3.38. The molecule has 6 heteroatoms. The van der Waals surface area contributed by atoms with Crippen molar-refractivity contribution in [3.05, 3.63) is 89.1 Å². The van der Waals surface area contributed by atoms with Crippen LogP contribution in [0, 0.1) is 0 Å². The van der Waals surface area contributed by atoms with Gasteiger partial charge in [-0.25, -0.2) is 5.43 Å². The van der Waals surface area contributed by atoms with Crippen LogP contribution < -0.4 is 10.2 Å². The van der Waals surface area contributed by atoms with Crippen LogP contribution in [0.2, 0.25) is 0 Å². The number of hydrogen-bond acceptors (Lipinski definition) is 4. The third-order valence-electron chi connectivity index (χ3n) is 4.35. The highest BCUT2D eigenvalue weighted by Gasteiger charge is 2.13. The molecule has 0 aliphatic carbocycles. The summed E-state index contributed by atoms with van der Waals surface area (Å²) in [7, 11) is 0. The molecule has 1 N–H and O–H groups in total. The number of benzene rings is 3. The van der Waals surface area contributed by atoms with Crippen LogP contribution in [-0.4, -0.2) is 18.7 Å². The molecule has 0 atom stereocenters. The maximum absolute atomic E-state index is 12.5. The summed E-state index contributed by atoms with van der Waals surface area (Å²) in [5.41, 5.74) is 3.88. The minimum absolute atomic E-state index is 0.200. The molecule has 0 saturated carbocycles. The molecule has 3 aromatic carbocycles. The molecule has 0 radical (unpaired) electrons. The van der Waals surface area contributed by atoms with Crippen molar-refractivity contribution in [1.29, 1.82) is 0 Å². The zero-order valence-corrected chi connectivity index (χ0v) is 17.0. The molecule has 0 aliphatic rings. The maximum atomic E-state index is 12.5. The third-order valence-corrected chi connectivity index (χ3v) is 4.84. The summed E-state index contributed by atoms with van der Waals surface area (Å²) in [6.45, 7) is 4.02. The summed E-state index contributed by atoms with van der Waals surface area (Å²) in [6.07, 6.45) is 3.19. The average Bonchev–Trinajstić information content (AvgIpc) is 3.18. The van der Waals surface area contributed by atoms with Gasteiger partial charge in [0.25, 0.3) is 0 Å². The topological polar surface area (TPSA) is 63.8 Å². The van der Waals surface area contributed by atoms with Gasteiger partial charge >= 0.3 is 5.91 Å². The summed E-state index contributed by atoms with van der Waals surface area (Å²) in [5, 5.41) is 7.07. The van der Waals surface area contributed by atoms with Crippen LogP contribution in [-0.2, 0) is 0 Å². The summed E-state index contributed by atoms with van der Waals surface area (Å²) >= 11 is 3.42. The van der Waals surface area contributed by atoms with Crippen LogP contribution in [0.3, 0.4) is 0 Å². The summed E-state index contributed by atoms with van der Waals surface area (Å²) in [4.78, 5) is 12.5. The first-order valence-electron chi connectivity index (χ1n) is 8.93. The largest absolute Gasteiger partial charge is 0.489 e. The summed E-state index contributed by atoms with van der Waals surface area (Å²) in [5.74, 6) is 0.414. The van der Waals surface area contributed by atoms with Crippen molar-refractivity contribution in [3.63, 3.8) is 0 Å². The fourth-order valence-electron chi connectivity index (χ4n) is 3.02. The zero-order valence-electron chi connectivity index (χ0n) is 15.4. The number of nitrogens with zero attached hydrogens (tertiary/aromatic N) is 1. The third kappa shape index (κ3) is 4.07. The van der Waals surface area contributed by atoms with Gasteiger partial charge < -0.3 is 9.15 Å². The van der Waals surface area contributed by atoms with Gasteiger partial charge in [0.1, 0.15) is 17.9 Å². The van der Waals surface area contributed by atoms with Crippen LogP contribution in [0.1, 0.15) is 16.1 Å². The van der Waals surface area contributed by atoms with Gasteiger partial charge in [0.2, 0.25) is 0 Å². The molecule has 0 spiro atoms. The van der Waals surface area contributed by atoms with E-state index in [9.17, 15) is 4.79 Å². The van der Waals surface area contributed by atoms with E-state index in [2.05, 4.69) is 33.0 Å². The lowest BCUT2D eigenvalue weighted by molar-refractivity contribution is 0.0929. The lowest BCUT2D eigenvalue weighted by Crippen LogP contribution is -2.16. The Balaban J connectivity index is 1.55. The monoisotopic (exact) mass is 448 g/mol. The van der Waals surface area contributed by atoms with E-state index in [4.69, 9.17) is 9.15 Å². The standard InChI is InChI=1S/C23H17BrN2O3/c1-2-11-28-20-10-8-17(24)12-16(20)14-25-26-23(27)22-13-19-18-6-4-3-5-15(18)7-9-21(19)29-22/h2-10,12-14H,1,11H2,(H,26,27). The van der Waals surface area contributed by atoms with Gasteiger partial charge in [-0.1, -0.05) is 58.9 Å². The maximum Gasteiger partial charge on any atom is 0.307 e. The van der Waals surface area contributed by atoms with E-state index in [1.54, 1.807) is 12.1 Å². The average molecular weight is 449 g/mol. The van der Waals surface area contributed by atoms with Crippen LogP contribution in [0.25, 0.3) is 21.7 Å². The fourth-order valence-corrected chi connectivity index (χ4v) is 3.40. The molecule has 1 heterocycles. The zero-order chi connectivity index (χ0) is 20.2. The van der Waals surface area contributed by atoms with E-state index in [0.29, 0.717) is 17.9 Å². The highest BCUT2D eigenvalue weighted by molar-refractivity contribution is 9.10. The second-order valence-electron chi connectivity index (χ2n) is 6.29. The lowest BCUT2D eigenvalue weighted by Gasteiger charge is -2.07. The van der Waals surface area contributed by atoms with Crippen molar-refractivity contribution in [2.45, 2.75) is 0 Å². The first-order chi connectivity index (χ1) is 14.2. The Labute approximate surface area is 175 Å². The summed E-state index contributed by atoms with van der Waals surface area (Å²) in [6, 6.07) is 19.1. The Morgan fingerprint density at radius 1 is 1.14 bits per heavy atom. The van der Waals surface area contributed by atoms with E-state index < -0.39 is 5.91 Å². The molecular formula is C23H17BrN2O3. The Bertz CT molecular complexity index is 1240. The fraction of sp³-hybridized carbons (Fsp3) is 0.0435. The Morgan fingerprint density at radius 2 is 2.00 bits per heavy atom. The van der Waals surface area contributed by atoms with Crippen LogP contribution >= 0.6 is 15.9 Å². The van der Waals surface area contributed by atoms with Gasteiger partial charge in [-0.2, -0.15) is 5.10 Å². The SMILES string of the molecule is C=CCOc1ccc(Br)cc1C=NNC(=O)c1cc2c(ccc3ccccc32)o1. The van der Waals surface area contributed by atoms with Crippen LogP contribution in [0.4, 0.5) is 0 Å². The number of amides is 1. The van der Waals surface area contributed by atoms with E-state index >= 15 is 0 Å². The number of rotatable bonds is 6. The van der Waals surface area contributed by atoms with Gasteiger partial charge in [-0.05, 0) is 41.1 Å². The molecule has 0 saturated heterocycles. The molecule has 0 aliphatic heterocycles. The first-order valence-corrected chi connectivity index (χ1v) is 9.73. The molecule has 29 heavy (non-hydrogen) atoms. The number of furan rings is 1. The lowest BCUT2D eigenvalue weighted by atomic mass is 10.1. The number of carbonyl (C=O) groups excluding carboxylic acids is 1. The van der Waals surface area contributed by atoms with E-state index in [-0.39, 0.29) is 5.76 Å². The molecule has 0 fully saturated rings. The highest BCUT2D eigenvalue weighted by Crippen LogP contribution is 2.28. The predicted octanol–water partition coefficient (Wildman–Crippen LogP) is 5.68. The van der Waals surface area contributed by atoms with Gasteiger partial charge in [-0.15, -0.1) is 0 Å². The number of halogens is 1. The van der Waals surface area contributed by atoms with Crippen molar-refractivity contribution in [2.75, 3.05) is 6.61 Å². The van der Waals surface area contributed by atoms with Gasteiger partial charge in [0, 0.05) is 15.4 Å². The second-order valence-corrected chi connectivity index (χ2v) is 7.21. The molecule has 1 aromatic heterocycles. The van der Waals surface area contributed by atoms with Crippen molar-refractivity contribution in [2.24, 2.45) is 5.10 Å². The van der Waals surface area contributed by atoms with Crippen LogP contribution in [0.5, 0.6) is 5.75 Å². The number of carbonyl (C=O) groups is 1.